The molecule has 2 aromatic carbocycles. The summed E-state index contributed by atoms with van der Waals surface area (Å²) in [7, 11) is -4.00. The molecule has 5 heteroatoms. The molecule has 2 rings (SSSR count). The molecule has 0 unspecified atom stereocenters. The van der Waals surface area contributed by atoms with Gasteiger partial charge in [0.15, 0.2) is 0 Å². The molecule has 0 aromatic heterocycles. The van der Waals surface area contributed by atoms with E-state index in [9.17, 15) is 13.5 Å². The van der Waals surface area contributed by atoms with Gasteiger partial charge >= 0.3 is 10.1 Å². The Bertz CT molecular complexity index is 984. The fourth-order valence-electron chi connectivity index (χ4n) is 4.96. The normalized spacial score (nSPS) is 11.6. The van der Waals surface area contributed by atoms with Crippen molar-refractivity contribution in [1.82, 2.24) is 0 Å². The first-order valence-corrected chi connectivity index (χ1v) is 16.2. The van der Waals surface area contributed by atoms with Crippen molar-refractivity contribution in [3.8, 4) is 11.5 Å². The van der Waals surface area contributed by atoms with Crippen molar-refractivity contribution >= 4 is 10.1 Å². The maximum absolute atomic E-state index is 13.3. The summed E-state index contributed by atoms with van der Waals surface area (Å²) in [5.74, 6) is 0.113. The minimum absolute atomic E-state index is 0.0182. The number of aromatic hydroxyl groups is 1. The molecule has 0 radical (unpaired) electrons. The Morgan fingerprint density at radius 2 is 1.16 bits per heavy atom. The summed E-state index contributed by atoms with van der Waals surface area (Å²) in [4.78, 5) is 0.274. The SMILES string of the molecule is CCCCCCCCCCc1cccc(S(=O)(=O)Oc2cccc(O)c2)c1CCCCCCCCCC. The van der Waals surface area contributed by atoms with Crippen LogP contribution in [0.15, 0.2) is 47.4 Å². The molecule has 0 aliphatic rings. The Morgan fingerprint density at radius 1 is 0.649 bits per heavy atom. The summed E-state index contributed by atoms with van der Waals surface area (Å²) in [6.45, 7) is 4.48. The number of hydrogen-bond donors (Lipinski definition) is 1. The Hall–Kier alpha value is -2.01. The zero-order valence-electron chi connectivity index (χ0n) is 23.3. The summed E-state index contributed by atoms with van der Waals surface area (Å²) in [5, 5.41) is 9.74. The number of rotatable bonds is 21. The van der Waals surface area contributed by atoms with Crippen LogP contribution in [0.5, 0.6) is 11.5 Å². The van der Waals surface area contributed by atoms with E-state index in [1.807, 2.05) is 6.07 Å². The monoisotopic (exact) mass is 530 g/mol. The van der Waals surface area contributed by atoms with Crippen molar-refractivity contribution in [1.29, 1.82) is 0 Å². The summed E-state index contributed by atoms with van der Waals surface area (Å²) >= 11 is 0. The Kier molecular flexibility index (Phi) is 15.4. The van der Waals surface area contributed by atoms with Gasteiger partial charge in [0.2, 0.25) is 0 Å². The van der Waals surface area contributed by atoms with Crippen LogP contribution in [0.3, 0.4) is 0 Å². The van der Waals surface area contributed by atoms with Gasteiger partial charge in [-0.15, -0.1) is 0 Å². The lowest BCUT2D eigenvalue weighted by molar-refractivity contribution is 0.463. The number of phenols is 1. The molecule has 0 atom stereocenters. The number of benzene rings is 2. The van der Waals surface area contributed by atoms with E-state index in [-0.39, 0.29) is 16.4 Å². The molecule has 0 aliphatic heterocycles. The second kappa shape index (κ2) is 18.3. The molecule has 0 fully saturated rings. The van der Waals surface area contributed by atoms with Crippen molar-refractivity contribution < 1.29 is 17.7 Å². The molecule has 0 saturated heterocycles. The van der Waals surface area contributed by atoms with Crippen molar-refractivity contribution in [3.63, 3.8) is 0 Å². The van der Waals surface area contributed by atoms with Crippen LogP contribution < -0.4 is 4.18 Å². The molecule has 0 amide bonds. The third-order valence-electron chi connectivity index (χ3n) is 7.10. The standard InChI is InChI=1S/C32H50O4S/c1-3-5-7-9-11-13-15-17-21-28-22-19-26-32(31(28)25-18-16-14-12-10-8-6-4-2)37(34,35)36-30-24-20-23-29(33)27-30/h19-20,22-24,26-27,33H,3-18,21,25H2,1-2H3. The lowest BCUT2D eigenvalue weighted by atomic mass is 9.96. The average Bonchev–Trinajstić information content (AvgIpc) is 2.87. The highest BCUT2D eigenvalue weighted by Gasteiger charge is 2.23. The van der Waals surface area contributed by atoms with E-state index < -0.39 is 10.1 Å². The number of hydrogen-bond acceptors (Lipinski definition) is 4. The van der Waals surface area contributed by atoms with Crippen LogP contribution >= 0.6 is 0 Å². The predicted octanol–water partition coefficient (Wildman–Crippen LogP) is 9.53. The van der Waals surface area contributed by atoms with Crippen LogP contribution in [0.4, 0.5) is 0 Å². The summed E-state index contributed by atoms with van der Waals surface area (Å²) in [6, 6.07) is 11.6. The molecular formula is C32H50O4S. The molecule has 0 aliphatic carbocycles. The molecule has 0 heterocycles. The van der Waals surface area contributed by atoms with Crippen LogP contribution in [0.2, 0.25) is 0 Å². The van der Waals surface area contributed by atoms with E-state index in [1.165, 1.54) is 95.6 Å². The molecule has 208 valence electrons. The third kappa shape index (κ3) is 12.4. The van der Waals surface area contributed by atoms with E-state index in [0.717, 1.165) is 43.2 Å². The molecule has 0 spiro atoms. The van der Waals surface area contributed by atoms with Crippen LogP contribution in [-0.2, 0) is 23.0 Å². The van der Waals surface area contributed by atoms with E-state index in [0.29, 0.717) is 0 Å². The van der Waals surface area contributed by atoms with Gasteiger partial charge in [-0.05, 0) is 55.0 Å². The maximum atomic E-state index is 13.3. The average molecular weight is 531 g/mol. The lowest BCUT2D eigenvalue weighted by Crippen LogP contribution is -2.14. The predicted molar refractivity (Wildman–Crippen MR) is 155 cm³/mol. The second-order valence-corrected chi connectivity index (χ2v) is 11.9. The van der Waals surface area contributed by atoms with Gasteiger partial charge in [0.25, 0.3) is 0 Å². The van der Waals surface area contributed by atoms with Gasteiger partial charge in [-0.1, -0.05) is 122 Å². The highest BCUT2D eigenvalue weighted by Crippen LogP contribution is 2.28. The topological polar surface area (TPSA) is 63.6 Å². The van der Waals surface area contributed by atoms with E-state index in [1.54, 1.807) is 18.2 Å². The largest absolute Gasteiger partial charge is 0.508 e. The summed E-state index contributed by atoms with van der Waals surface area (Å²) < 4.78 is 32.1. The van der Waals surface area contributed by atoms with Crippen molar-refractivity contribution in [2.24, 2.45) is 0 Å². The quantitative estimate of drug-likeness (QED) is 0.129. The Morgan fingerprint density at radius 3 is 1.73 bits per heavy atom. The summed E-state index contributed by atoms with van der Waals surface area (Å²) in [5.41, 5.74) is 2.05. The van der Waals surface area contributed by atoms with E-state index >= 15 is 0 Å². The fourth-order valence-corrected chi connectivity index (χ4v) is 6.18. The van der Waals surface area contributed by atoms with E-state index in [2.05, 4.69) is 19.9 Å². The first-order chi connectivity index (χ1) is 18.0. The van der Waals surface area contributed by atoms with Crippen LogP contribution in [-0.4, -0.2) is 13.5 Å². The van der Waals surface area contributed by atoms with Crippen LogP contribution in [0.1, 0.15) is 128 Å². The molecule has 4 nitrogen and oxygen atoms in total. The second-order valence-electron chi connectivity index (χ2n) is 10.4. The maximum Gasteiger partial charge on any atom is 0.339 e. The van der Waals surface area contributed by atoms with Crippen LogP contribution in [0, 0.1) is 0 Å². The first kappa shape index (κ1) is 31.2. The Labute approximate surface area is 227 Å². The zero-order chi connectivity index (χ0) is 26.8. The number of aryl methyl sites for hydroxylation is 1. The van der Waals surface area contributed by atoms with Crippen LogP contribution in [0.25, 0.3) is 0 Å². The van der Waals surface area contributed by atoms with E-state index in [4.69, 9.17) is 4.18 Å². The van der Waals surface area contributed by atoms with Gasteiger partial charge in [-0.25, -0.2) is 0 Å². The number of unbranched alkanes of at least 4 members (excludes halogenated alkanes) is 14. The van der Waals surface area contributed by atoms with Gasteiger partial charge in [0, 0.05) is 6.07 Å². The molecule has 1 N–H and O–H groups in total. The molecule has 37 heavy (non-hydrogen) atoms. The van der Waals surface area contributed by atoms with Crippen molar-refractivity contribution in [2.75, 3.05) is 0 Å². The minimum atomic E-state index is -4.00. The minimum Gasteiger partial charge on any atom is -0.508 e. The van der Waals surface area contributed by atoms with Gasteiger partial charge in [0.05, 0.1) is 0 Å². The van der Waals surface area contributed by atoms with Gasteiger partial charge in [-0.3, -0.25) is 0 Å². The molecule has 0 saturated carbocycles. The van der Waals surface area contributed by atoms with Gasteiger partial charge in [0.1, 0.15) is 16.4 Å². The lowest BCUT2D eigenvalue weighted by Gasteiger charge is -2.16. The van der Waals surface area contributed by atoms with Gasteiger partial charge in [-0.2, -0.15) is 8.42 Å². The fraction of sp³-hybridized carbons (Fsp3) is 0.625. The molecule has 0 bridgehead atoms. The molecular weight excluding hydrogens is 480 g/mol. The zero-order valence-corrected chi connectivity index (χ0v) is 24.2. The Balaban J connectivity index is 2.05. The first-order valence-electron chi connectivity index (χ1n) is 14.8. The summed E-state index contributed by atoms with van der Waals surface area (Å²) in [6.07, 6.45) is 21.4. The highest BCUT2D eigenvalue weighted by molar-refractivity contribution is 7.87. The highest BCUT2D eigenvalue weighted by atomic mass is 32.2. The number of phenolic OH excluding ortho intramolecular Hbond substituents is 1. The van der Waals surface area contributed by atoms with Crippen molar-refractivity contribution in [2.45, 2.75) is 134 Å². The molecule has 2 aromatic rings. The van der Waals surface area contributed by atoms with Crippen molar-refractivity contribution in [3.05, 3.63) is 53.6 Å². The smallest absolute Gasteiger partial charge is 0.339 e. The third-order valence-corrected chi connectivity index (χ3v) is 8.44. The van der Waals surface area contributed by atoms with Gasteiger partial charge < -0.3 is 9.29 Å².